The van der Waals surface area contributed by atoms with Crippen molar-refractivity contribution in [1.29, 1.82) is 0 Å². The number of carbonyl (C=O) groups excluding carboxylic acids is 2. The Morgan fingerprint density at radius 3 is 2.00 bits per heavy atom. The molecular weight excluding hydrogens is 323 g/mol. The molecule has 1 saturated heterocycles. The number of alkyl halides is 1. The maximum Gasteiger partial charge on any atom is 0.323 e. The number of unbranched alkanes of at least 4 members (excludes halogenated alkanes) is 1. The molecule has 0 aromatic rings. The Bertz CT molecular complexity index is 230. The van der Waals surface area contributed by atoms with E-state index in [-0.39, 0.29) is 0 Å². The Morgan fingerprint density at radius 2 is 1.62 bits per heavy atom. The van der Waals surface area contributed by atoms with Gasteiger partial charge in [0, 0.05) is 13.8 Å². The summed E-state index contributed by atoms with van der Waals surface area (Å²) in [5, 5.41) is 0. The standard InChI is InChI=1S/C10H16O4.CH3I/c1-4-5-6-7-8(11)13-10(2,3)14-9(7)12;1-2/h7H,4-6H2,1-3H3;1H3. The van der Waals surface area contributed by atoms with E-state index in [1.165, 1.54) is 0 Å². The number of carbonyl (C=O) groups is 2. The van der Waals surface area contributed by atoms with Crippen molar-refractivity contribution in [2.75, 3.05) is 4.93 Å². The van der Waals surface area contributed by atoms with Crippen molar-refractivity contribution in [1.82, 2.24) is 0 Å². The maximum absolute atomic E-state index is 11.4. The zero-order valence-electron chi connectivity index (χ0n) is 10.2. The van der Waals surface area contributed by atoms with Crippen molar-refractivity contribution in [3.8, 4) is 0 Å². The Morgan fingerprint density at radius 1 is 1.19 bits per heavy atom. The average Bonchev–Trinajstić information content (AvgIpc) is 2.18. The Labute approximate surface area is 110 Å². The smallest absolute Gasteiger partial charge is 0.323 e. The van der Waals surface area contributed by atoms with Gasteiger partial charge in [-0.25, -0.2) is 0 Å². The van der Waals surface area contributed by atoms with Crippen LogP contribution in [0.25, 0.3) is 0 Å². The van der Waals surface area contributed by atoms with Gasteiger partial charge in [0.2, 0.25) is 0 Å². The molecule has 4 nitrogen and oxygen atoms in total. The molecule has 0 radical (unpaired) electrons. The van der Waals surface area contributed by atoms with Gasteiger partial charge in [0.25, 0.3) is 5.79 Å². The van der Waals surface area contributed by atoms with Gasteiger partial charge >= 0.3 is 11.9 Å². The van der Waals surface area contributed by atoms with Crippen LogP contribution in [0.15, 0.2) is 0 Å². The van der Waals surface area contributed by atoms with Crippen LogP contribution in [0.4, 0.5) is 0 Å². The number of rotatable bonds is 3. The minimum absolute atomic E-state index is 0.459. The lowest BCUT2D eigenvalue weighted by Crippen LogP contribution is -2.46. The number of esters is 2. The highest BCUT2D eigenvalue weighted by Gasteiger charge is 2.42. The second kappa shape index (κ2) is 7.09. The molecule has 0 amide bonds. The molecule has 1 aliphatic heterocycles. The summed E-state index contributed by atoms with van der Waals surface area (Å²) in [6.45, 7) is 5.11. The van der Waals surface area contributed by atoms with Crippen molar-refractivity contribution in [3.63, 3.8) is 0 Å². The SMILES string of the molecule is CCCCC1C(=O)OC(C)(C)OC1=O.CI. The summed E-state index contributed by atoms with van der Waals surface area (Å²) in [4.78, 5) is 24.8. The van der Waals surface area contributed by atoms with Gasteiger partial charge in [-0.15, -0.1) is 0 Å². The zero-order valence-corrected chi connectivity index (χ0v) is 12.4. The third-order valence-electron chi connectivity index (χ3n) is 2.11. The fraction of sp³-hybridized carbons (Fsp3) is 0.818. The van der Waals surface area contributed by atoms with Gasteiger partial charge in [0.05, 0.1) is 0 Å². The molecule has 0 spiro atoms. The molecule has 0 N–H and O–H groups in total. The summed E-state index contributed by atoms with van der Waals surface area (Å²) in [7, 11) is 0. The first-order valence-corrected chi connectivity index (χ1v) is 7.45. The van der Waals surface area contributed by atoms with Crippen molar-refractivity contribution in [3.05, 3.63) is 0 Å². The van der Waals surface area contributed by atoms with Gasteiger partial charge in [-0.1, -0.05) is 42.4 Å². The van der Waals surface area contributed by atoms with E-state index in [4.69, 9.17) is 9.47 Å². The summed E-state index contributed by atoms with van der Waals surface area (Å²) in [5.41, 5.74) is 0. The summed E-state index contributed by atoms with van der Waals surface area (Å²) < 4.78 is 9.94. The van der Waals surface area contributed by atoms with Crippen molar-refractivity contribution >= 4 is 34.5 Å². The lowest BCUT2D eigenvalue weighted by Gasteiger charge is -2.32. The molecule has 1 fully saturated rings. The van der Waals surface area contributed by atoms with Gasteiger partial charge in [0.1, 0.15) is 0 Å². The Kier molecular flexibility index (Phi) is 6.94. The molecule has 0 atom stereocenters. The van der Waals surface area contributed by atoms with Crippen LogP contribution in [0.1, 0.15) is 40.0 Å². The molecule has 0 unspecified atom stereocenters. The minimum Gasteiger partial charge on any atom is -0.422 e. The maximum atomic E-state index is 11.4. The molecule has 1 rings (SSSR count). The average molecular weight is 342 g/mol. The molecule has 94 valence electrons. The fourth-order valence-corrected chi connectivity index (χ4v) is 1.39. The van der Waals surface area contributed by atoms with Crippen LogP contribution in [0.5, 0.6) is 0 Å². The molecule has 5 heteroatoms. The molecule has 0 aromatic heterocycles. The number of ether oxygens (including phenoxy) is 2. The number of cyclic esters (lactones) is 2. The lowest BCUT2D eigenvalue weighted by atomic mass is 10.0. The van der Waals surface area contributed by atoms with E-state index in [9.17, 15) is 9.59 Å². The van der Waals surface area contributed by atoms with E-state index < -0.39 is 23.6 Å². The second-order valence-electron chi connectivity index (χ2n) is 3.94. The Hall–Kier alpha value is -0.330. The monoisotopic (exact) mass is 342 g/mol. The van der Waals surface area contributed by atoms with Gasteiger partial charge in [-0.2, -0.15) is 0 Å². The number of halogens is 1. The van der Waals surface area contributed by atoms with Crippen molar-refractivity contribution in [2.45, 2.75) is 45.8 Å². The van der Waals surface area contributed by atoms with Crippen LogP contribution >= 0.6 is 22.6 Å². The molecule has 0 bridgehead atoms. The van der Waals surface area contributed by atoms with Crippen LogP contribution < -0.4 is 0 Å². The summed E-state index contributed by atoms with van der Waals surface area (Å²) in [5.74, 6) is -2.74. The first kappa shape index (κ1) is 15.7. The lowest BCUT2D eigenvalue weighted by molar-refractivity contribution is -0.240. The van der Waals surface area contributed by atoms with E-state index in [1.54, 1.807) is 13.8 Å². The molecule has 0 saturated carbocycles. The predicted molar refractivity (Wildman–Crippen MR) is 69.2 cm³/mol. The quantitative estimate of drug-likeness (QED) is 0.343. The molecule has 0 aromatic carbocycles. The van der Waals surface area contributed by atoms with Crippen LogP contribution in [0.2, 0.25) is 0 Å². The first-order valence-electron chi connectivity index (χ1n) is 5.30. The first-order chi connectivity index (χ1) is 7.46. The van der Waals surface area contributed by atoms with Gasteiger partial charge in [-0.05, 0) is 11.4 Å². The molecule has 0 aliphatic carbocycles. The van der Waals surface area contributed by atoms with Gasteiger partial charge in [0.15, 0.2) is 5.92 Å². The molecule has 1 heterocycles. The van der Waals surface area contributed by atoms with Crippen LogP contribution in [0.3, 0.4) is 0 Å². The zero-order chi connectivity index (χ0) is 12.8. The van der Waals surface area contributed by atoms with E-state index >= 15 is 0 Å². The highest BCUT2D eigenvalue weighted by molar-refractivity contribution is 14.1. The highest BCUT2D eigenvalue weighted by Crippen LogP contribution is 2.25. The highest BCUT2D eigenvalue weighted by atomic mass is 127. The minimum atomic E-state index is -1.10. The van der Waals surface area contributed by atoms with Gasteiger partial charge in [-0.3, -0.25) is 9.59 Å². The topological polar surface area (TPSA) is 52.6 Å². The third kappa shape index (κ3) is 4.67. The number of hydrogen-bond acceptors (Lipinski definition) is 4. The van der Waals surface area contributed by atoms with E-state index in [0.717, 1.165) is 12.8 Å². The second-order valence-corrected chi connectivity index (χ2v) is 3.94. The largest absolute Gasteiger partial charge is 0.422 e. The third-order valence-corrected chi connectivity index (χ3v) is 2.11. The summed E-state index contributed by atoms with van der Waals surface area (Å²) in [6, 6.07) is 0. The molecular formula is C11H19IO4. The predicted octanol–water partition coefficient (Wildman–Crippen LogP) is 2.68. The number of hydrogen-bond donors (Lipinski definition) is 0. The summed E-state index contributed by atoms with van der Waals surface area (Å²) >= 11 is 2.15. The fourth-order valence-electron chi connectivity index (χ4n) is 1.39. The molecule has 1 aliphatic rings. The van der Waals surface area contributed by atoms with E-state index in [0.29, 0.717) is 6.42 Å². The van der Waals surface area contributed by atoms with Crippen LogP contribution in [-0.2, 0) is 19.1 Å². The summed E-state index contributed by atoms with van der Waals surface area (Å²) in [6.07, 6.45) is 2.29. The Balaban J connectivity index is 0.00000106. The van der Waals surface area contributed by atoms with E-state index in [1.807, 2.05) is 11.9 Å². The van der Waals surface area contributed by atoms with Crippen molar-refractivity contribution in [2.24, 2.45) is 5.92 Å². The normalized spacial score (nSPS) is 19.3. The van der Waals surface area contributed by atoms with Crippen molar-refractivity contribution < 1.29 is 19.1 Å². The van der Waals surface area contributed by atoms with Gasteiger partial charge < -0.3 is 9.47 Å². The van der Waals surface area contributed by atoms with Crippen LogP contribution in [0, 0.1) is 5.92 Å². The van der Waals surface area contributed by atoms with E-state index in [2.05, 4.69) is 22.6 Å². The van der Waals surface area contributed by atoms with Crippen LogP contribution in [-0.4, -0.2) is 22.7 Å². The molecule has 16 heavy (non-hydrogen) atoms.